The van der Waals surface area contributed by atoms with Crippen molar-refractivity contribution >= 4 is 56.6 Å². The summed E-state index contributed by atoms with van der Waals surface area (Å²) in [5.74, 6) is 0.0468. The van der Waals surface area contributed by atoms with Crippen molar-refractivity contribution in [2.45, 2.75) is 64.5 Å². The Bertz CT molecular complexity index is 2640. The lowest BCUT2D eigenvalue weighted by molar-refractivity contribution is 0.462. The second-order valence-electron chi connectivity index (χ2n) is 15.7. The van der Waals surface area contributed by atoms with Crippen LogP contribution in [-0.2, 0) is 0 Å². The van der Waals surface area contributed by atoms with Gasteiger partial charge in [0.15, 0.2) is 0 Å². The van der Waals surface area contributed by atoms with Crippen molar-refractivity contribution in [2.24, 2.45) is 11.8 Å². The van der Waals surface area contributed by atoms with E-state index in [9.17, 15) is 14.0 Å². The summed E-state index contributed by atoms with van der Waals surface area (Å²) >= 11 is 1.23. The van der Waals surface area contributed by atoms with Crippen LogP contribution in [0.15, 0.2) is 121 Å². The molecule has 0 saturated heterocycles. The summed E-state index contributed by atoms with van der Waals surface area (Å²) in [6, 6.07) is 19.2. The molecule has 5 atom stereocenters. The van der Waals surface area contributed by atoms with E-state index in [2.05, 4.69) is 110 Å². The molecule has 0 aliphatic heterocycles. The monoisotopic (exact) mass is 745 g/mol. The third kappa shape index (κ3) is 6.02. The van der Waals surface area contributed by atoms with Gasteiger partial charge in [-0.3, -0.25) is 0 Å². The summed E-state index contributed by atoms with van der Waals surface area (Å²) in [6.45, 7) is 8.78. The summed E-state index contributed by atoms with van der Waals surface area (Å²) < 4.78 is 41.4. The Kier molecular flexibility index (Phi) is 8.66. The number of nitriles is 1. The van der Waals surface area contributed by atoms with Crippen LogP contribution in [0, 0.1) is 29.0 Å². The quantitative estimate of drug-likeness (QED) is 0.174. The highest BCUT2D eigenvalue weighted by Gasteiger charge is 2.36. The molecule has 9 rings (SSSR count). The van der Waals surface area contributed by atoms with Crippen LogP contribution in [0.3, 0.4) is 0 Å². The first-order chi connectivity index (χ1) is 26.6. The molecule has 8 heteroatoms. The van der Waals surface area contributed by atoms with Gasteiger partial charge < -0.3 is 9.47 Å². The SMILES string of the molecule is CC1C=CC(N(c2ccc(C3=CC(C)C(n4c5c(c6cc(F)ccc64)C=C(F)CC5C)C=C3)c3nsnc23)C2(C)C=CC(c3ccc(C#N)cc3)=CC2)=CC1. The van der Waals surface area contributed by atoms with Crippen LogP contribution in [0.1, 0.15) is 86.9 Å². The molecule has 5 nitrogen and oxygen atoms in total. The van der Waals surface area contributed by atoms with Crippen molar-refractivity contribution in [3.63, 3.8) is 0 Å². The molecule has 0 spiro atoms. The van der Waals surface area contributed by atoms with E-state index in [1.54, 1.807) is 6.08 Å². The first kappa shape index (κ1) is 35.1. The molecule has 0 saturated carbocycles. The molecule has 0 N–H and O–H groups in total. The topological polar surface area (TPSA) is 57.7 Å². The molecule has 0 fully saturated rings. The predicted octanol–water partition coefficient (Wildman–Crippen LogP) is 12.4. The van der Waals surface area contributed by atoms with E-state index in [-0.39, 0.29) is 35.1 Å². The fourth-order valence-electron chi connectivity index (χ4n) is 8.92. The van der Waals surface area contributed by atoms with Crippen molar-refractivity contribution in [2.75, 3.05) is 4.90 Å². The molecule has 2 heterocycles. The highest BCUT2D eigenvalue weighted by atomic mass is 32.1. The zero-order valence-electron chi connectivity index (χ0n) is 31.3. The number of rotatable bonds is 6. The molecule has 55 heavy (non-hydrogen) atoms. The van der Waals surface area contributed by atoms with Crippen molar-refractivity contribution in [3.05, 3.63) is 155 Å². The number of halogens is 2. The van der Waals surface area contributed by atoms with E-state index in [0.29, 0.717) is 17.9 Å². The third-order valence-electron chi connectivity index (χ3n) is 11.8. The summed E-state index contributed by atoms with van der Waals surface area (Å²) in [7, 11) is 0. The van der Waals surface area contributed by atoms with Crippen molar-refractivity contribution in [3.8, 4) is 6.07 Å². The number of hydrogen-bond acceptors (Lipinski definition) is 5. The van der Waals surface area contributed by atoms with Crippen LogP contribution >= 0.6 is 11.7 Å². The lowest BCUT2D eigenvalue weighted by Crippen LogP contribution is -2.45. The van der Waals surface area contributed by atoms with Crippen molar-refractivity contribution in [1.82, 2.24) is 13.3 Å². The highest BCUT2D eigenvalue weighted by Crippen LogP contribution is 2.47. The minimum absolute atomic E-state index is 0.0241. The molecule has 0 radical (unpaired) electrons. The maximum absolute atomic E-state index is 14.7. The van der Waals surface area contributed by atoms with Gasteiger partial charge in [0, 0.05) is 45.8 Å². The number of anilines is 1. The number of benzene rings is 3. The van der Waals surface area contributed by atoms with Gasteiger partial charge in [-0.1, -0.05) is 81.5 Å². The lowest BCUT2D eigenvalue weighted by atomic mass is 9.84. The van der Waals surface area contributed by atoms with Gasteiger partial charge in [-0.25, -0.2) is 8.78 Å². The largest absolute Gasteiger partial charge is 0.336 e. The molecule has 0 bridgehead atoms. The van der Waals surface area contributed by atoms with Crippen molar-refractivity contribution in [1.29, 1.82) is 5.26 Å². The van der Waals surface area contributed by atoms with E-state index in [1.165, 1.54) is 23.9 Å². The molecular weight excluding hydrogens is 705 g/mol. The van der Waals surface area contributed by atoms with E-state index < -0.39 is 0 Å². The Labute approximate surface area is 324 Å². The average molecular weight is 746 g/mol. The fraction of sp³-hybridized carbons (Fsp3) is 0.255. The van der Waals surface area contributed by atoms with Gasteiger partial charge in [-0.15, -0.1) is 0 Å². The van der Waals surface area contributed by atoms with E-state index in [1.807, 2.05) is 30.3 Å². The third-order valence-corrected chi connectivity index (χ3v) is 12.3. The lowest BCUT2D eigenvalue weighted by Gasteiger charge is -2.43. The molecule has 5 aromatic rings. The molecule has 5 unspecified atom stereocenters. The summed E-state index contributed by atoms with van der Waals surface area (Å²) in [4.78, 5) is 2.43. The van der Waals surface area contributed by atoms with Gasteiger partial charge in [-0.2, -0.15) is 14.0 Å². The van der Waals surface area contributed by atoms with Crippen LogP contribution in [0.2, 0.25) is 0 Å². The van der Waals surface area contributed by atoms with E-state index >= 15 is 0 Å². The van der Waals surface area contributed by atoms with Gasteiger partial charge in [0.05, 0.1) is 40.6 Å². The van der Waals surface area contributed by atoms with Crippen molar-refractivity contribution < 1.29 is 8.78 Å². The Morgan fingerprint density at radius 3 is 2.47 bits per heavy atom. The first-order valence-electron chi connectivity index (χ1n) is 19.1. The first-order valence-corrected chi connectivity index (χ1v) is 19.8. The average Bonchev–Trinajstić information content (AvgIpc) is 3.80. The predicted molar refractivity (Wildman–Crippen MR) is 222 cm³/mol. The second-order valence-corrected chi connectivity index (χ2v) is 16.3. The highest BCUT2D eigenvalue weighted by molar-refractivity contribution is 7.00. The molecule has 4 aliphatic rings. The van der Waals surface area contributed by atoms with Crippen LogP contribution in [0.5, 0.6) is 0 Å². The molecule has 0 amide bonds. The van der Waals surface area contributed by atoms with Crippen LogP contribution < -0.4 is 4.90 Å². The van der Waals surface area contributed by atoms with E-state index in [0.717, 1.165) is 79.7 Å². The van der Waals surface area contributed by atoms with Gasteiger partial charge in [0.2, 0.25) is 0 Å². The minimum atomic E-state index is -0.381. The maximum atomic E-state index is 14.7. The van der Waals surface area contributed by atoms with Gasteiger partial charge in [-0.05, 0) is 103 Å². The van der Waals surface area contributed by atoms with Gasteiger partial charge in [0.25, 0.3) is 0 Å². The number of hydrogen-bond donors (Lipinski definition) is 0. The molecule has 274 valence electrons. The standard InChI is InChI=1S/C47H41F2N5S/c1-28-5-13-37(14-6-28)54(47(4)21-19-33(20-22-47)32-9-7-31(27-50)8-10-32)43-18-15-38(44-45(43)52-55-51-44)34-11-16-41(29(2)23-34)53-42-17-12-35(48)25-39(42)40-26-36(49)24-30(3)46(40)53/h5,7-21,23,25-26,28-30,41H,6,22,24H2,1-4H3. The number of fused-ring (bicyclic) bond motifs is 4. The summed E-state index contributed by atoms with van der Waals surface area (Å²) in [5.41, 5.74) is 11.3. The van der Waals surface area contributed by atoms with Crippen LogP contribution in [0.4, 0.5) is 14.5 Å². The molecule has 4 aliphatic carbocycles. The Morgan fingerprint density at radius 1 is 0.927 bits per heavy atom. The Balaban J connectivity index is 1.08. The number of allylic oxidation sites excluding steroid dienone is 10. The zero-order valence-corrected chi connectivity index (χ0v) is 32.1. The normalized spacial score (nSPS) is 24.6. The van der Waals surface area contributed by atoms with Gasteiger partial charge in [0.1, 0.15) is 22.7 Å². The van der Waals surface area contributed by atoms with Crippen LogP contribution in [-0.4, -0.2) is 18.9 Å². The summed E-state index contributed by atoms with van der Waals surface area (Å²) in [5, 5.41) is 10.0. The number of aromatic nitrogens is 3. The Hall–Kier alpha value is -5.65. The van der Waals surface area contributed by atoms with E-state index in [4.69, 9.17) is 8.75 Å². The molecular formula is C47H41F2N5S. The minimum Gasteiger partial charge on any atom is -0.336 e. The Morgan fingerprint density at radius 2 is 1.75 bits per heavy atom. The number of nitrogens with zero attached hydrogens (tertiary/aromatic N) is 5. The second kappa shape index (κ2) is 13.6. The summed E-state index contributed by atoms with van der Waals surface area (Å²) in [6.07, 6.45) is 24.0. The van der Waals surface area contributed by atoms with Gasteiger partial charge >= 0.3 is 0 Å². The fourth-order valence-corrected chi connectivity index (χ4v) is 9.49. The van der Waals surface area contributed by atoms with Crippen LogP contribution in [0.25, 0.3) is 39.2 Å². The smallest absolute Gasteiger partial charge is 0.129 e. The maximum Gasteiger partial charge on any atom is 0.129 e. The zero-order chi connectivity index (χ0) is 38.0. The molecule has 2 aromatic heterocycles. The molecule has 3 aromatic carbocycles.